The van der Waals surface area contributed by atoms with Crippen LogP contribution in [0.3, 0.4) is 0 Å². The number of hydrogen-bond donors (Lipinski definition) is 1. The minimum absolute atomic E-state index is 0.638. The normalized spacial score (nSPS) is 12.5. The van der Waals surface area contributed by atoms with E-state index in [-0.39, 0.29) is 0 Å². The highest BCUT2D eigenvalue weighted by molar-refractivity contribution is 5.47. The average Bonchev–Trinajstić information content (AvgIpc) is 2.34. The molecule has 2 heteroatoms. The Labute approximate surface area is 106 Å². The monoisotopic (exact) mass is 234 g/mol. The lowest BCUT2D eigenvalue weighted by molar-refractivity contribution is 0.528. The minimum Gasteiger partial charge on any atom is -0.375 e. The molecule has 1 aromatic rings. The Bertz CT molecular complexity index is 322. The molecule has 0 fully saturated rings. The molecule has 1 unspecified atom stereocenters. The van der Waals surface area contributed by atoms with E-state index in [1.54, 1.807) is 0 Å². The number of nitrogens with one attached hydrogen (secondary N) is 1. The Morgan fingerprint density at radius 1 is 1.29 bits per heavy atom. The van der Waals surface area contributed by atoms with Gasteiger partial charge in [0, 0.05) is 25.3 Å². The van der Waals surface area contributed by atoms with Gasteiger partial charge in [0.15, 0.2) is 0 Å². The van der Waals surface area contributed by atoms with Gasteiger partial charge in [-0.1, -0.05) is 18.6 Å². The first-order valence-corrected chi connectivity index (χ1v) is 6.58. The number of rotatable bonds is 7. The van der Waals surface area contributed by atoms with Crippen molar-refractivity contribution < 1.29 is 0 Å². The van der Waals surface area contributed by atoms with Gasteiger partial charge in [-0.05, 0) is 51.4 Å². The van der Waals surface area contributed by atoms with Gasteiger partial charge in [0.1, 0.15) is 0 Å². The number of nitrogens with zero attached hydrogens (tertiary/aromatic N) is 1. The van der Waals surface area contributed by atoms with Crippen molar-refractivity contribution in [2.75, 3.05) is 25.5 Å². The van der Waals surface area contributed by atoms with Crippen LogP contribution in [0.2, 0.25) is 0 Å². The largest absolute Gasteiger partial charge is 0.375 e. The van der Waals surface area contributed by atoms with E-state index < -0.39 is 0 Å². The zero-order chi connectivity index (χ0) is 12.7. The highest BCUT2D eigenvalue weighted by Crippen LogP contribution is 2.15. The SMILES string of the molecule is CNC(C)CCCCN(C)c1cccc(C)c1. The van der Waals surface area contributed by atoms with Crippen molar-refractivity contribution in [3.8, 4) is 0 Å². The fourth-order valence-electron chi connectivity index (χ4n) is 1.94. The summed E-state index contributed by atoms with van der Waals surface area (Å²) in [6, 6.07) is 9.34. The molecule has 1 rings (SSSR count). The zero-order valence-electron chi connectivity index (χ0n) is 11.7. The van der Waals surface area contributed by atoms with Gasteiger partial charge in [-0.3, -0.25) is 0 Å². The van der Waals surface area contributed by atoms with Crippen molar-refractivity contribution in [3.63, 3.8) is 0 Å². The minimum atomic E-state index is 0.638. The van der Waals surface area contributed by atoms with Crippen LogP contribution in [-0.2, 0) is 0 Å². The zero-order valence-corrected chi connectivity index (χ0v) is 11.7. The molecule has 0 amide bonds. The van der Waals surface area contributed by atoms with E-state index in [0.29, 0.717) is 6.04 Å². The van der Waals surface area contributed by atoms with Gasteiger partial charge in [0.05, 0.1) is 0 Å². The number of benzene rings is 1. The molecule has 0 saturated heterocycles. The van der Waals surface area contributed by atoms with E-state index >= 15 is 0 Å². The van der Waals surface area contributed by atoms with Crippen LogP contribution in [0.25, 0.3) is 0 Å². The molecular weight excluding hydrogens is 208 g/mol. The molecule has 0 aliphatic rings. The van der Waals surface area contributed by atoms with E-state index in [1.165, 1.54) is 30.5 Å². The van der Waals surface area contributed by atoms with Gasteiger partial charge >= 0.3 is 0 Å². The van der Waals surface area contributed by atoms with E-state index in [0.717, 1.165) is 6.54 Å². The quantitative estimate of drug-likeness (QED) is 0.729. The van der Waals surface area contributed by atoms with Crippen LogP contribution in [0.4, 0.5) is 5.69 Å². The lowest BCUT2D eigenvalue weighted by atomic mass is 10.1. The molecule has 0 spiro atoms. The van der Waals surface area contributed by atoms with Crippen LogP contribution in [0, 0.1) is 6.92 Å². The summed E-state index contributed by atoms with van der Waals surface area (Å²) in [6.45, 7) is 5.52. The molecule has 0 aliphatic heterocycles. The molecule has 1 atom stereocenters. The molecule has 1 N–H and O–H groups in total. The maximum atomic E-state index is 3.28. The second-order valence-electron chi connectivity index (χ2n) is 4.95. The number of hydrogen-bond acceptors (Lipinski definition) is 2. The third kappa shape index (κ3) is 5.22. The van der Waals surface area contributed by atoms with Gasteiger partial charge in [-0.2, -0.15) is 0 Å². The molecule has 0 aromatic heterocycles. The van der Waals surface area contributed by atoms with Crippen LogP contribution >= 0.6 is 0 Å². The lowest BCUT2D eigenvalue weighted by Crippen LogP contribution is -2.22. The molecule has 0 aliphatic carbocycles. The average molecular weight is 234 g/mol. The summed E-state index contributed by atoms with van der Waals surface area (Å²) in [7, 11) is 4.21. The summed E-state index contributed by atoms with van der Waals surface area (Å²) < 4.78 is 0. The van der Waals surface area contributed by atoms with Crippen molar-refractivity contribution in [1.82, 2.24) is 5.32 Å². The van der Waals surface area contributed by atoms with E-state index in [9.17, 15) is 0 Å². The Morgan fingerprint density at radius 3 is 2.71 bits per heavy atom. The Kier molecular flexibility index (Phi) is 6.06. The second-order valence-corrected chi connectivity index (χ2v) is 4.95. The van der Waals surface area contributed by atoms with Gasteiger partial charge in [0.2, 0.25) is 0 Å². The van der Waals surface area contributed by atoms with Crippen molar-refractivity contribution in [1.29, 1.82) is 0 Å². The third-order valence-electron chi connectivity index (χ3n) is 3.32. The van der Waals surface area contributed by atoms with Crippen LogP contribution in [0.1, 0.15) is 31.7 Å². The molecule has 0 saturated carbocycles. The molecule has 96 valence electrons. The van der Waals surface area contributed by atoms with Gasteiger partial charge in [0.25, 0.3) is 0 Å². The molecule has 17 heavy (non-hydrogen) atoms. The molecule has 0 radical (unpaired) electrons. The molecular formula is C15H26N2. The topological polar surface area (TPSA) is 15.3 Å². The van der Waals surface area contributed by atoms with Crippen molar-refractivity contribution in [3.05, 3.63) is 29.8 Å². The number of anilines is 1. The second kappa shape index (κ2) is 7.33. The molecule has 2 nitrogen and oxygen atoms in total. The van der Waals surface area contributed by atoms with Crippen LogP contribution < -0.4 is 10.2 Å². The number of aryl methyl sites for hydroxylation is 1. The summed E-state index contributed by atoms with van der Waals surface area (Å²) >= 11 is 0. The van der Waals surface area contributed by atoms with Gasteiger partial charge in [-0.25, -0.2) is 0 Å². The first-order valence-electron chi connectivity index (χ1n) is 6.58. The Hall–Kier alpha value is -1.02. The maximum Gasteiger partial charge on any atom is 0.0366 e. The summed E-state index contributed by atoms with van der Waals surface area (Å²) in [5.74, 6) is 0. The van der Waals surface area contributed by atoms with Crippen molar-refractivity contribution in [2.24, 2.45) is 0 Å². The first-order chi connectivity index (χ1) is 8.13. The Balaban J connectivity index is 2.28. The van der Waals surface area contributed by atoms with Crippen LogP contribution in [-0.4, -0.2) is 26.7 Å². The van der Waals surface area contributed by atoms with Gasteiger partial charge in [-0.15, -0.1) is 0 Å². The van der Waals surface area contributed by atoms with Crippen LogP contribution in [0.5, 0.6) is 0 Å². The first kappa shape index (κ1) is 14.0. The summed E-state index contributed by atoms with van der Waals surface area (Å²) in [6.07, 6.45) is 3.81. The summed E-state index contributed by atoms with van der Waals surface area (Å²) in [4.78, 5) is 2.34. The van der Waals surface area contributed by atoms with Crippen molar-refractivity contribution in [2.45, 2.75) is 39.2 Å². The fourth-order valence-corrected chi connectivity index (χ4v) is 1.94. The highest BCUT2D eigenvalue weighted by atomic mass is 15.1. The smallest absolute Gasteiger partial charge is 0.0366 e. The third-order valence-corrected chi connectivity index (χ3v) is 3.32. The number of unbranched alkanes of at least 4 members (excludes halogenated alkanes) is 1. The standard InChI is InChI=1S/C15H26N2/c1-13-8-7-10-15(12-13)17(4)11-6-5-9-14(2)16-3/h7-8,10,12,14,16H,5-6,9,11H2,1-4H3. The fraction of sp³-hybridized carbons (Fsp3) is 0.600. The van der Waals surface area contributed by atoms with E-state index in [2.05, 4.69) is 55.4 Å². The predicted molar refractivity (Wildman–Crippen MR) is 76.8 cm³/mol. The lowest BCUT2D eigenvalue weighted by Gasteiger charge is -2.20. The summed E-state index contributed by atoms with van der Waals surface area (Å²) in [5.41, 5.74) is 2.66. The summed E-state index contributed by atoms with van der Waals surface area (Å²) in [5, 5.41) is 3.28. The van der Waals surface area contributed by atoms with E-state index in [4.69, 9.17) is 0 Å². The maximum absolute atomic E-state index is 3.28. The predicted octanol–water partition coefficient (Wildman–Crippen LogP) is 3.21. The molecule has 0 heterocycles. The van der Waals surface area contributed by atoms with Gasteiger partial charge < -0.3 is 10.2 Å². The van der Waals surface area contributed by atoms with Crippen LogP contribution in [0.15, 0.2) is 24.3 Å². The molecule has 0 bridgehead atoms. The van der Waals surface area contributed by atoms with E-state index in [1.807, 2.05) is 7.05 Å². The highest BCUT2D eigenvalue weighted by Gasteiger charge is 2.02. The molecule has 1 aromatic carbocycles. The Morgan fingerprint density at radius 2 is 2.06 bits per heavy atom. The van der Waals surface area contributed by atoms with Crippen molar-refractivity contribution >= 4 is 5.69 Å².